The van der Waals surface area contributed by atoms with Crippen molar-refractivity contribution in [3.05, 3.63) is 22.5 Å². The summed E-state index contributed by atoms with van der Waals surface area (Å²) < 4.78 is 30.1. The third-order valence-electron chi connectivity index (χ3n) is 3.23. The number of carbonyl (C=O) groups is 2. The van der Waals surface area contributed by atoms with Gasteiger partial charge in [-0.1, -0.05) is 0 Å². The summed E-state index contributed by atoms with van der Waals surface area (Å²) in [4.78, 5) is 37.8. The van der Waals surface area contributed by atoms with E-state index in [4.69, 9.17) is 19.9 Å². The topological polar surface area (TPSA) is 123 Å². The maximum absolute atomic E-state index is 13.6. The number of hydrogen-bond acceptors (Lipinski definition) is 8. The van der Waals surface area contributed by atoms with Crippen LogP contribution in [-0.2, 0) is 23.8 Å². The molecule has 1 fully saturated rings. The second-order valence-electron chi connectivity index (χ2n) is 5.04. The number of carbonyl (C=O) groups excluding carboxylic acids is 2. The zero-order valence-corrected chi connectivity index (χ0v) is 12.7. The van der Waals surface area contributed by atoms with Crippen LogP contribution in [0.15, 0.2) is 11.0 Å². The van der Waals surface area contributed by atoms with Crippen molar-refractivity contribution in [2.45, 2.75) is 45.3 Å². The van der Waals surface area contributed by atoms with Gasteiger partial charge in [0.25, 0.3) is 0 Å². The number of anilines is 1. The molecule has 0 aromatic carbocycles. The fourth-order valence-corrected chi connectivity index (χ4v) is 2.34. The minimum atomic E-state index is -1.20. The lowest BCUT2D eigenvalue weighted by molar-refractivity contribution is -0.165. The van der Waals surface area contributed by atoms with E-state index < -0.39 is 53.8 Å². The smallest absolute Gasteiger partial charge is 0.351 e. The Balaban J connectivity index is 2.43. The van der Waals surface area contributed by atoms with Crippen LogP contribution in [0.5, 0.6) is 0 Å². The summed E-state index contributed by atoms with van der Waals surface area (Å²) in [6, 6.07) is 0. The van der Waals surface area contributed by atoms with E-state index in [0.717, 1.165) is 17.7 Å². The molecule has 0 radical (unpaired) electrons. The van der Waals surface area contributed by atoms with Crippen LogP contribution < -0.4 is 11.4 Å². The molecule has 0 bridgehead atoms. The number of aromatic nitrogens is 2. The predicted molar refractivity (Wildman–Crippen MR) is 73.6 cm³/mol. The highest BCUT2D eigenvalue weighted by Crippen LogP contribution is 2.33. The molecule has 1 aliphatic rings. The summed E-state index contributed by atoms with van der Waals surface area (Å²) in [5.74, 6) is -2.78. The highest BCUT2D eigenvalue weighted by atomic mass is 19.1. The van der Waals surface area contributed by atoms with Gasteiger partial charge in [0.2, 0.25) is 0 Å². The highest BCUT2D eigenvalue weighted by Gasteiger charge is 2.48. The van der Waals surface area contributed by atoms with Gasteiger partial charge in [-0.15, -0.1) is 0 Å². The van der Waals surface area contributed by atoms with Crippen molar-refractivity contribution in [2.24, 2.45) is 0 Å². The minimum Gasteiger partial charge on any atom is -0.456 e. The van der Waals surface area contributed by atoms with Crippen molar-refractivity contribution in [1.29, 1.82) is 0 Å². The fraction of sp³-hybridized carbons (Fsp3) is 0.538. The van der Waals surface area contributed by atoms with Gasteiger partial charge in [-0.3, -0.25) is 14.2 Å². The van der Waals surface area contributed by atoms with Gasteiger partial charge < -0.3 is 19.9 Å². The van der Waals surface area contributed by atoms with Crippen molar-refractivity contribution in [1.82, 2.24) is 9.55 Å². The van der Waals surface area contributed by atoms with Gasteiger partial charge in [-0.05, 0) is 6.92 Å². The molecule has 1 saturated heterocycles. The Labute approximate surface area is 130 Å². The van der Waals surface area contributed by atoms with E-state index in [2.05, 4.69) is 4.98 Å². The molecule has 1 aliphatic heterocycles. The van der Waals surface area contributed by atoms with E-state index in [-0.39, 0.29) is 0 Å². The molecule has 0 unspecified atom stereocenters. The third kappa shape index (κ3) is 3.47. The Morgan fingerprint density at radius 3 is 2.43 bits per heavy atom. The molecule has 0 amide bonds. The number of esters is 2. The van der Waals surface area contributed by atoms with Crippen molar-refractivity contribution in [2.75, 3.05) is 5.73 Å². The molecule has 0 aliphatic carbocycles. The third-order valence-corrected chi connectivity index (χ3v) is 3.23. The van der Waals surface area contributed by atoms with Gasteiger partial charge >= 0.3 is 17.6 Å². The molecular weight excluding hydrogens is 313 g/mol. The number of nitrogens with zero attached hydrogens (tertiary/aromatic N) is 2. The zero-order valence-electron chi connectivity index (χ0n) is 12.7. The van der Waals surface area contributed by atoms with Crippen LogP contribution >= 0.6 is 0 Å². The summed E-state index contributed by atoms with van der Waals surface area (Å²) in [6.45, 7) is 3.90. The molecule has 1 aromatic heterocycles. The van der Waals surface area contributed by atoms with Crippen LogP contribution in [-0.4, -0.2) is 39.8 Å². The molecule has 0 saturated carbocycles. The quantitative estimate of drug-likeness (QED) is 0.753. The lowest BCUT2D eigenvalue weighted by Crippen LogP contribution is -2.40. The number of nitrogen functional groups attached to an aromatic ring is 1. The van der Waals surface area contributed by atoms with Gasteiger partial charge in [0, 0.05) is 13.8 Å². The van der Waals surface area contributed by atoms with Crippen LogP contribution in [0, 0.1) is 5.82 Å². The fourth-order valence-electron chi connectivity index (χ4n) is 2.34. The standard InChI is InChI=1S/C13H16FN3O6/c1-5-9(22-6(2)18)10(23-7(3)19)12(21-5)17-4-8(14)11(15)16-13(17)20/h4-5,9-10,12H,1-3H3,(H2,15,16,20)/t5-,9-,10-,12+/m1/s1. The summed E-state index contributed by atoms with van der Waals surface area (Å²) in [5.41, 5.74) is 4.34. The second-order valence-corrected chi connectivity index (χ2v) is 5.04. The zero-order chi connectivity index (χ0) is 17.3. The monoisotopic (exact) mass is 329 g/mol. The van der Waals surface area contributed by atoms with Crippen LogP contribution in [0.2, 0.25) is 0 Å². The van der Waals surface area contributed by atoms with E-state index in [1.807, 2.05) is 0 Å². The average molecular weight is 329 g/mol. The van der Waals surface area contributed by atoms with Crippen molar-refractivity contribution < 1.29 is 28.2 Å². The van der Waals surface area contributed by atoms with Gasteiger partial charge in [0.15, 0.2) is 30.1 Å². The van der Waals surface area contributed by atoms with Crippen molar-refractivity contribution in [3.63, 3.8) is 0 Å². The maximum Gasteiger partial charge on any atom is 0.351 e. The summed E-state index contributed by atoms with van der Waals surface area (Å²) in [7, 11) is 0. The van der Waals surface area contributed by atoms with Crippen LogP contribution in [0.3, 0.4) is 0 Å². The average Bonchev–Trinajstić information content (AvgIpc) is 2.70. The maximum atomic E-state index is 13.6. The molecule has 1 aromatic rings. The number of rotatable bonds is 3. The summed E-state index contributed by atoms with van der Waals surface area (Å²) >= 11 is 0. The van der Waals surface area contributed by atoms with E-state index in [1.165, 1.54) is 6.92 Å². The molecular formula is C13H16FN3O6. The Kier molecular flexibility index (Phi) is 4.64. The number of ether oxygens (including phenoxy) is 3. The molecule has 2 rings (SSSR count). The van der Waals surface area contributed by atoms with Gasteiger partial charge in [-0.2, -0.15) is 4.98 Å². The molecule has 10 heteroatoms. The normalized spacial score (nSPS) is 26.8. The Hall–Kier alpha value is -2.49. The molecule has 4 atom stereocenters. The predicted octanol–water partition coefficient (Wildman–Crippen LogP) is -0.255. The summed E-state index contributed by atoms with van der Waals surface area (Å²) in [5, 5.41) is 0. The van der Waals surface area contributed by atoms with Crippen LogP contribution in [0.25, 0.3) is 0 Å². The second kappa shape index (κ2) is 6.32. The van der Waals surface area contributed by atoms with Crippen molar-refractivity contribution >= 4 is 17.8 Å². The largest absolute Gasteiger partial charge is 0.456 e. The van der Waals surface area contributed by atoms with Crippen molar-refractivity contribution in [3.8, 4) is 0 Å². The molecule has 2 heterocycles. The Morgan fingerprint density at radius 2 is 1.87 bits per heavy atom. The first-order valence-corrected chi connectivity index (χ1v) is 6.74. The van der Waals surface area contributed by atoms with Crippen LogP contribution in [0.4, 0.5) is 10.2 Å². The molecule has 2 N–H and O–H groups in total. The van der Waals surface area contributed by atoms with E-state index in [0.29, 0.717) is 0 Å². The lowest BCUT2D eigenvalue weighted by atomic mass is 10.1. The SMILES string of the molecule is CC(=O)O[C@@H]1[C@H](OC(C)=O)[C@@H](C)O[C@@H]1n1cc(F)c(N)nc1=O. The molecule has 9 nitrogen and oxygen atoms in total. The number of hydrogen-bond donors (Lipinski definition) is 1. The van der Waals surface area contributed by atoms with Crippen LogP contribution in [0.1, 0.15) is 27.0 Å². The lowest BCUT2D eigenvalue weighted by Gasteiger charge is -2.23. The Morgan fingerprint density at radius 1 is 1.30 bits per heavy atom. The number of halogens is 1. The van der Waals surface area contributed by atoms with E-state index in [9.17, 15) is 18.8 Å². The first-order chi connectivity index (χ1) is 10.7. The van der Waals surface area contributed by atoms with E-state index >= 15 is 0 Å². The first kappa shape index (κ1) is 16.9. The van der Waals surface area contributed by atoms with Gasteiger partial charge in [-0.25, -0.2) is 9.18 Å². The van der Waals surface area contributed by atoms with E-state index in [1.54, 1.807) is 6.92 Å². The Bertz CT molecular complexity index is 691. The summed E-state index contributed by atoms with van der Waals surface area (Å²) in [6.07, 6.45) is -3.17. The first-order valence-electron chi connectivity index (χ1n) is 6.74. The molecule has 126 valence electrons. The number of nitrogens with two attached hydrogens (primary N) is 1. The molecule has 23 heavy (non-hydrogen) atoms. The van der Waals surface area contributed by atoms with Gasteiger partial charge in [0.1, 0.15) is 0 Å². The van der Waals surface area contributed by atoms with Gasteiger partial charge in [0.05, 0.1) is 12.3 Å². The minimum absolute atomic E-state index is 0.558. The molecule has 0 spiro atoms. The highest BCUT2D eigenvalue weighted by molar-refractivity contribution is 5.67.